The van der Waals surface area contributed by atoms with Crippen molar-refractivity contribution in [2.24, 2.45) is 0 Å². The van der Waals surface area contributed by atoms with Crippen LogP contribution in [-0.2, 0) is 12.2 Å². The third-order valence-corrected chi connectivity index (χ3v) is 5.92. The van der Waals surface area contributed by atoms with Crippen molar-refractivity contribution in [2.75, 3.05) is 0 Å². The van der Waals surface area contributed by atoms with Crippen LogP contribution < -0.4 is 10.3 Å². The van der Waals surface area contributed by atoms with Gasteiger partial charge >= 0.3 is 0 Å². The van der Waals surface area contributed by atoms with E-state index in [1.165, 1.54) is 16.8 Å². The average Bonchev–Trinajstić information content (AvgIpc) is 3.29. The highest BCUT2D eigenvalue weighted by Crippen LogP contribution is 2.29. The molecule has 0 aliphatic carbocycles. The largest absolute Gasteiger partial charge is 0.485 e. The summed E-state index contributed by atoms with van der Waals surface area (Å²) in [6.07, 6.45) is 5.37. The van der Waals surface area contributed by atoms with Crippen molar-refractivity contribution < 1.29 is 23.0 Å². The Morgan fingerprint density at radius 3 is 2.50 bits per heavy atom. The Balaban J connectivity index is 1.75. The molecule has 0 saturated heterocycles. The molecule has 36 heavy (non-hydrogen) atoms. The zero-order valence-corrected chi connectivity index (χ0v) is 20.6. The number of pyridine rings is 3. The van der Waals surface area contributed by atoms with Crippen LogP contribution in [0.2, 0.25) is 5.02 Å². The molecule has 0 fully saturated rings. The van der Waals surface area contributed by atoms with Crippen molar-refractivity contribution in [3.8, 4) is 17.3 Å². The maximum atomic E-state index is 15.8. The van der Waals surface area contributed by atoms with Gasteiger partial charge in [-0.1, -0.05) is 11.6 Å². The van der Waals surface area contributed by atoms with E-state index in [-0.39, 0.29) is 33.7 Å². The number of halogens is 4. The molecule has 0 aliphatic rings. The van der Waals surface area contributed by atoms with E-state index in [0.29, 0.717) is 17.2 Å². The molecule has 0 spiro atoms. The Bertz CT molecular complexity index is 1530. The Morgan fingerprint density at radius 2 is 1.86 bits per heavy atom. The fourth-order valence-corrected chi connectivity index (χ4v) is 3.85. The van der Waals surface area contributed by atoms with E-state index in [9.17, 15) is 18.7 Å². The molecule has 1 N–H and O–H groups in total. The molecule has 11 heteroatoms. The maximum Gasteiger partial charge on any atom is 0.278 e. The summed E-state index contributed by atoms with van der Waals surface area (Å²) in [4.78, 5) is 21.0. The lowest BCUT2D eigenvalue weighted by Gasteiger charge is -2.18. The van der Waals surface area contributed by atoms with E-state index in [2.05, 4.69) is 9.97 Å². The molecule has 0 unspecified atom stereocenters. The van der Waals surface area contributed by atoms with Gasteiger partial charge in [0.15, 0.2) is 17.5 Å². The van der Waals surface area contributed by atoms with Gasteiger partial charge < -0.3 is 14.4 Å². The van der Waals surface area contributed by atoms with Crippen LogP contribution in [0.1, 0.15) is 36.4 Å². The van der Waals surface area contributed by atoms with Gasteiger partial charge in [-0.15, -0.1) is 0 Å². The monoisotopic (exact) mass is 518 g/mol. The van der Waals surface area contributed by atoms with E-state index in [0.717, 1.165) is 10.8 Å². The van der Waals surface area contributed by atoms with Crippen LogP contribution in [-0.4, -0.2) is 24.2 Å². The lowest BCUT2D eigenvalue weighted by atomic mass is 10.0. The minimum Gasteiger partial charge on any atom is -0.485 e. The zero-order chi connectivity index (χ0) is 26.4. The predicted molar refractivity (Wildman–Crippen MR) is 127 cm³/mol. The zero-order valence-electron chi connectivity index (χ0n) is 19.8. The van der Waals surface area contributed by atoms with Crippen LogP contribution in [0.3, 0.4) is 0 Å². The molecular weight excluding hydrogens is 497 g/mol. The second kappa shape index (κ2) is 9.44. The van der Waals surface area contributed by atoms with E-state index < -0.39 is 35.2 Å². The minimum absolute atomic E-state index is 0.0549. The summed E-state index contributed by atoms with van der Waals surface area (Å²) in [6.45, 7) is 5.96. The predicted octanol–water partition coefficient (Wildman–Crippen LogP) is 4.91. The van der Waals surface area contributed by atoms with E-state index in [4.69, 9.17) is 16.3 Å². The SMILES string of the molecule is Cc1cnc(-n2ccc(C(C)(C)O)c2)c(F)c1-n1c(C)cc(OCc2ncc(F)cc2F)c(Cl)c1=O. The summed E-state index contributed by atoms with van der Waals surface area (Å²) in [7, 11) is 0. The molecule has 0 atom stereocenters. The van der Waals surface area contributed by atoms with Crippen LogP contribution in [0.5, 0.6) is 5.75 Å². The normalized spacial score (nSPS) is 11.7. The standard InChI is InChI=1S/C25H22ClF3N4O3/c1-13-9-31-23(32-6-5-15(11-32)25(3,4)35)21(29)22(13)33-14(2)7-19(20(26)24(33)34)36-12-18-17(28)8-16(27)10-30-18/h5-11,35H,12H2,1-4H3. The van der Waals surface area contributed by atoms with Crippen molar-refractivity contribution in [3.63, 3.8) is 0 Å². The van der Waals surface area contributed by atoms with Crippen molar-refractivity contribution >= 4 is 11.6 Å². The fraction of sp³-hybridized carbons (Fsp3) is 0.240. The van der Waals surface area contributed by atoms with Gasteiger partial charge in [-0.2, -0.15) is 0 Å². The highest BCUT2D eigenvalue weighted by atomic mass is 35.5. The lowest BCUT2D eigenvalue weighted by Crippen LogP contribution is -2.24. The molecule has 4 aromatic rings. The second-order valence-corrected chi connectivity index (χ2v) is 9.15. The van der Waals surface area contributed by atoms with Crippen LogP contribution in [0.15, 0.2) is 47.8 Å². The Labute approximate surface area is 209 Å². The summed E-state index contributed by atoms with van der Waals surface area (Å²) in [5, 5.41) is 9.87. The molecule has 0 aromatic carbocycles. The maximum absolute atomic E-state index is 15.8. The second-order valence-electron chi connectivity index (χ2n) is 8.77. The molecule has 4 rings (SSSR count). The summed E-state index contributed by atoms with van der Waals surface area (Å²) in [5.74, 6) is -2.66. The van der Waals surface area contributed by atoms with Crippen molar-refractivity contribution in [3.05, 3.63) is 98.3 Å². The van der Waals surface area contributed by atoms with Crippen molar-refractivity contribution in [1.29, 1.82) is 0 Å². The molecule has 0 saturated carbocycles. The van der Waals surface area contributed by atoms with Gasteiger partial charge in [0, 0.05) is 42.0 Å². The van der Waals surface area contributed by atoms with Crippen LogP contribution in [0, 0.1) is 31.3 Å². The summed E-state index contributed by atoms with van der Waals surface area (Å²) >= 11 is 6.26. The highest BCUT2D eigenvalue weighted by Gasteiger charge is 2.23. The molecule has 0 bridgehead atoms. The van der Waals surface area contributed by atoms with Gasteiger partial charge in [-0.3, -0.25) is 14.3 Å². The van der Waals surface area contributed by atoms with Gasteiger partial charge in [0.2, 0.25) is 0 Å². The Kier molecular flexibility index (Phi) is 6.68. The van der Waals surface area contributed by atoms with E-state index in [1.807, 2.05) is 0 Å². The molecule has 0 amide bonds. The van der Waals surface area contributed by atoms with Crippen LogP contribution in [0.4, 0.5) is 13.2 Å². The molecule has 188 valence electrons. The first kappa shape index (κ1) is 25.5. The molecule has 4 aromatic heterocycles. The number of rotatable bonds is 6. The topological polar surface area (TPSA) is 82.2 Å². The van der Waals surface area contributed by atoms with Crippen LogP contribution in [0.25, 0.3) is 11.5 Å². The molecular formula is C25H22ClF3N4O3. The first-order valence-electron chi connectivity index (χ1n) is 10.8. The lowest BCUT2D eigenvalue weighted by molar-refractivity contribution is 0.0786. The number of aromatic nitrogens is 4. The van der Waals surface area contributed by atoms with Gasteiger partial charge in [-0.25, -0.2) is 18.2 Å². The summed E-state index contributed by atoms with van der Waals surface area (Å²) < 4.78 is 50.8. The Hall–Kier alpha value is -3.63. The minimum atomic E-state index is -1.14. The van der Waals surface area contributed by atoms with Gasteiger partial charge in [0.05, 0.1) is 17.5 Å². The van der Waals surface area contributed by atoms with Crippen molar-refractivity contribution in [2.45, 2.75) is 39.9 Å². The van der Waals surface area contributed by atoms with Gasteiger partial charge in [0.1, 0.15) is 28.9 Å². The first-order chi connectivity index (χ1) is 16.9. The Morgan fingerprint density at radius 1 is 1.14 bits per heavy atom. The number of hydrogen-bond acceptors (Lipinski definition) is 5. The third-order valence-electron chi connectivity index (χ3n) is 5.57. The number of ether oxygens (including phenoxy) is 1. The van der Waals surface area contributed by atoms with E-state index in [1.54, 1.807) is 46.2 Å². The van der Waals surface area contributed by atoms with Crippen molar-refractivity contribution in [1.82, 2.24) is 19.1 Å². The quantitative estimate of drug-likeness (QED) is 0.392. The number of hydrogen-bond donors (Lipinski definition) is 1. The third kappa shape index (κ3) is 4.74. The number of aryl methyl sites for hydroxylation is 2. The number of nitrogens with zero attached hydrogens (tertiary/aromatic N) is 4. The molecule has 7 nitrogen and oxygen atoms in total. The van der Waals surface area contributed by atoms with E-state index >= 15 is 4.39 Å². The average molecular weight is 519 g/mol. The van der Waals surface area contributed by atoms with Gasteiger partial charge in [0.25, 0.3) is 5.56 Å². The highest BCUT2D eigenvalue weighted by molar-refractivity contribution is 6.31. The number of aliphatic hydroxyl groups is 1. The molecule has 0 radical (unpaired) electrons. The van der Waals surface area contributed by atoms with Gasteiger partial charge in [-0.05, 0) is 39.3 Å². The fourth-order valence-electron chi connectivity index (χ4n) is 3.66. The molecule has 4 heterocycles. The summed E-state index contributed by atoms with van der Waals surface area (Å²) in [6, 6.07) is 3.71. The smallest absolute Gasteiger partial charge is 0.278 e. The first-order valence-corrected chi connectivity index (χ1v) is 11.2. The molecule has 0 aliphatic heterocycles. The van der Waals surface area contributed by atoms with Crippen LogP contribution >= 0.6 is 11.6 Å². The summed E-state index contributed by atoms with van der Waals surface area (Å²) in [5.41, 5.74) is -0.917.